The molecule has 0 unspecified atom stereocenters. The van der Waals surface area contributed by atoms with Gasteiger partial charge in [-0.05, 0) is 37.1 Å². The molecule has 2 aliphatic heterocycles. The van der Waals surface area contributed by atoms with Crippen molar-refractivity contribution in [2.75, 3.05) is 23.4 Å². The number of anilines is 3. The van der Waals surface area contributed by atoms with Crippen LogP contribution in [0, 0.1) is 12.7 Å². The number of imidazole rings is 1. The Balaban J connectivity index is 1.18. The van der Waals surface area contributed by atoms with Crippen molar-refractivity contribution in [1.82, 2.24) is 29.5 Å². The first-order valence-corrected chi connectivity index (χ1v) is 12.0. The lowest BCUT2D eigenvalue weighted by Gasteiger charge is -2.26. The first-order valence-electron chi connectivity index (χ1n) is 12.0. The number of morpholine rings is 1. The molecule has 1 N–H and O–H groups in total. The van der Waals surface area contributed by atoms with Gasteiger partial charge in [0.2, 0.25) is 5.95 Å². The Morgan fingerprint density at radius 1 is 1.11 bits per heavy atom. The van der Waals surface area contributed by atoms with Crippen LogP contribution in [0.4, 0.5) is 21.8 Å². The van der Waals surface area contributed by atoms with E-state index < -0.39 is 5.82 Å². The molecule has 10 nitrogen and oxygen atoms in total. The predicted molar refractivity (Wildman–Crippen MR) is 136 cm³/mol. The molecule has 2 atom stereocenters. The van der Waals surface area contributed by atoms with E-state index >= 15 is 4.39 Å². The fourth-order valence-electron chi connectivity index (χ4n) is 5.02. The summed E-state index contributed by atoms with van der Waals surface area (Å²) in [7, 11) is 1.93. The van der Waals surface area contributed by atoms with E-state index in [1.165, 1.54) is 12.4 Å². The van der Waals surface area contributed by atoms with Gasteiger partial charge >= 0.3 is 0 Å². The number of benzene rings is 2. The third-order valence-electron chi connectivity index (χ3n) is 6.96. The SMILES string of the molecule is Cc1cc(Nc2ncnc3cnc(N4C[C@H]5C[C@@H]4CO5)nc23)c(F)cc1Oc1ccc2c(c1)ncn2C. The molecule has 2 fully saturated rings. The Bertz CT molecular complexity index is 1670. The third-order valence-corrected chi connectivity index (χ3v) is 6.96. The van der Waals surface area contributed by atoms with Gasteiger partial charge in [-0.15, -0.1) is 0 Å². The van der Waals surface area contributed by atoms with Crippen LogP contribution in [0.15, 0.2) is 49.2 Å². The number of halogens is 1. The topological polar surface area (TPSA) is 103 Å². The van der Waals surface area contributed by atoms with Gasteiger partial charge in [0, 0.05) is 25.7 Å². The number of hydrogen-bond donors (Lipinski definition) is 1. The molecule has 186 valence electrons. The molecule has 0 aliphatic carbocycles. The van der Waals surface area contributed by atoms with Crippen LogP contribution in [0.2, 0.25) is 0 Å². The van der Waals surface area contributed by atoms with E-state index in [1.54, 1.807) is 18.6 Å². The minimum Gasteiger partial charge on any atom is -0.457 e. The summed E-state index contributed by atoms with van der Waals surface area (Å²) in [6.45, 7) is 3.30. The second-order valence-electron chi connectivity index (χ2n) is 9.45. The summed E-state index contributed by atoms with van der Waals surface area (Å²) < 4.78 is 28.9. The average Bonchev–Trinajstić information content (AvgIpc) is 3.63. The maximum Gasteiger partial charge on any atom is 0.226 e. The molecule has 2 aromatic carbocycles. The Kier molecular flexibility index (Phi) is 4.93. The Morgan fingerprint density at radius 3 is 2.86 bits per heavy atom. The van der Waals surface area contributed by atoms with Crippen LogP contribution in [0.3, 0.4) is 0 Å². The molecule has 37 heavy (non-hydrogen) atoms. The van der Waals surface area contributed by atoms with E-state index in [1.807, 2.05) is 36.7 Å². The molecule has 0 spiro atoms. The van der Waals surface area contributed by atoms with E-state index in [0.717, 1.165) is 29.6 Å². The number of ether oxygens (including phenoxy) is 2. The van der Waals surface area contributed by atoms with Gasteiger partial charge < -0.3 is 24.3 Å². The largest absolute Gasteiger partial charge is 0.457 e. The molecular weight excluding hydrogens is 475 g/mol. The lowest BCUT2D eigenvalue weighted by atomic mass is 10.2. The summed E-state index contributed by atoms with van der Waals surface area (Å²) in [5.41, 5.74) is 3.92. The Morgan fingerprint density at radius 2 is 2.03 bits per heavy atom. The predicted octanol–water partition coefficient (Wildman–Crippen LogP) is 4.27. The van der Waals surface area contributed by atoms with Crippen LogP contribution in [0.25, 0.3) is 22.1 Å². The van der Waals surface area contributed by atoms with Crippen molar-refractivity contribution in [1.29, 1.82) is 0 Å². The van der Waals surface area contributed by atoms with Gasteiger partial charge in [-0.2, -0.15) is 0 Å². The van der Waals surface area contributed by atoms with Gasteiger partial charge in [0.05, 0.1) is 48.0 Å². The van der Waals surface area contributed by atoms with Crippen LogP contribution >= 0.6 is 0 Å². The standard InChI is InChI=1S/C26H23FN8O2/c1-14-5-19(18(27)8-23(14)37-16-3-4-22-20(7-16)31-13-34(22)2)32-25-24-21(29-12-30-25)9-28-26(33-24)35-10-17-6-15(35)11-36-17/h3-5,7-9,12-13,15,17H,6,10-11H2,1-2H3,(H,29,30,32)/t15-,17-/m1/s1. The van der Waals surface area contributed by atoms with Gasteiger partial charge in [-0.25, -0.2) is 29.3 Å². The van der Waals surface area contributed by atoms with Gasteiger partial charge in [0.15, 0.2) is 5.82 Å². The van der Waals surface area contributed by atoms with Crippen molar-refractivity contribution in [3.05, 3.63) is 60.6 Å². The first-order chi connectivity index (χ1) is 18.0. The van der Waals surface area contributed by atoms with Gasteiger partial charge in [0.25, 0.3) is 0 Å². The maximum atomic E-state index is 15.2. The molecular formula is C26H23FN8O2. The van der Waals surface area contributed by atoms with Crippen LogP contribution < -0.4 is 15.0 Å². The number of nitrogens with zero attached hydrogens (tertiary/aromatic N) is 7. The highest BCUT2D eigenvalue weighted by molar-refractivity contribution is 5.87. The van der Waals surface area contributed by atoms with Crippen LogP contribution in [0.5, 0.6) is 11.5 Å². The lowest BCUT2D eigenvalue weighted by Crippen LogP contribution is -2.38. The van der Waals surface area contributed by atoms with Crippen LogP contribution in [0.1, 0.15) is 12.0 Å². The van der Waals surface area contributed by atoms with E-state index in [9.17, 15) is 0 Å². The summed E-state index contributed by atoms with van der Waals surface area (Å²) in [6.07, 6.45) is 6.03. The molecule has 7 rings (SSSR count). The smallest absolute Gasteiger partial charge is 0.226 e. The van der Waals surface area contributed by atoms with E-state index in [0.29, 0.717) is 40.9 Å². The fraction of sp³-hybridized carbons (Fsp3) is 0.269. The molecule has 5 heterocycles. The van der Waals surface area contributed by atoms with Gasteiger partial charge in [0.1, 0.15) is 34.7 Å². The number of fused-ring (bicyclic) bond motifs is 4. The number of aromatic nitrogens is 6. The molecule has 2 bridgehead atoms. The number of nitrogens with one attached hydrogen (secondary N) is 1. The van der Waals surface area contributed by atoms with Gasteiger partial charge in [-0.3, -0.25) is 0 Å². The summed E-state index contributed by atoms with van der Waals surface area (Å²) in [6, 6.07) is 8.93. The Labute approximate surface area is 211 Å². The highest BCUT2D eigenvalue weighted by Gasteiger charge is 2.40. The summed E-state index contributed by atoms with van der Waals surface area (Å²) in [4.78, 5) is 24.4. The molecule has 2 aliphatic rings. The number of aryl methyl sites for hydroxylation is 2. The zero-order chi connectivity index (χ0) is 25.1. The van der Waals surface area contributed by atoms with Crippen LogP contribution in [-0.2, 0) is 11.8 Å². The third kappa shape index (κ3) is 3.78. The van der Waals surface area contributed by atoms with Crippen molar-refractivity contribution >= 4 is 39.5 Å². The zero-order valence-electron chi connectivity index (χ0n) is 20.2. The first kappa shape index (κ1) is 21.9. The maximum absolute atomic E-state index is 15.2. The Hall–Kier alpha value is -4.38. The minimum absolute atomic E-state index is 0.220. The average molecular weight is 499 g/mol. The van der Waals surface area contributed by atoms with Crippen molar-refractivity contribution in [2.45, 2.75) is 25.5 Å². The summed E-state index contributed by atoms with van der Waals surface area (Å²) >= 11 is 0. The van der Waals surface area contributed by atoms with E-state index in [2.05, 4.69) is 30.2 Å². The van der Waals surface area contributed by atoms with Crippen molar-refractivity contribution < 1.29 is 13.9 Å². The lowest BCUT2D eigenvalue weighted by molar-refractivity contribution is 0.0986. The van der Waals surface area contributed by atoms with Crippen molar-refractivity contribution in [2.24, 2.45) is 7.05 Å². The second-order valence-corrected chi connectivity index (χ2v) is 9.45. The molecule has 3 aromatic heterocycles. The molecule has 5 aromatic rings. The quantitative estimate of drug-likeness (QED) is 0.381. The molecule has 0 radical (unpaired) electrons. The monoisotopic (exact) mass is 498 g/mol. The van der Waals surface area contributed by atoms with E-state index in [-0.39, 0.29) is 17.8 Å². The summed E-state index contributed by atoms with van der Waals surface area (Å²) in [5.74, 6) is 1.53. The second kappa shape index (κ2) is 8.34. The molecule has 0 amide bonds. The minimum atomic E-state index is -0.477. The number of hydrogen-bond acceptors (Lipinski definition) is 9. The highest BCUT2D eigenvalue weighted by Crippen LogP contribution is 2.34. The molecule has 0 saturated carbocycles. The number of rotatable bonds is 5. The van der Waals surface area contributed by atoms with E-state index in [4.69, 9.17) is 14.5 Å². The molecule has 2 saturated heterocycles. The molecule has 11 heteroatoms. The van der Waals surface area contributed by atoms with Crippen molar-refractivity contribution in [3.8, 4) is 11.5 Å². The normalized spacial score (nSPS) is 18.7. The summed E-state index contributed by atoms with van der Waals surface area (Å²) in [5, 5.41) is 3.10. The van der Waals surface area contributed by atoms with Crippen LogP contribution in [-0.4, -0.2) is 54.8 Å². The van der Waals surface area contributed by atoms with Gasteiger partial charge in [-0.1, -0.05) is 0 Å². The van der Waals surface area contributed by atoms with Crippen molar-refractivity contribution in [3.63, 3.8) is 0 Å². The zero-order valence-corrected chi connectivity index (χ0v) is 20.2. The fourth-order valence-corrected chi connectivity index (χ4v) is 5.02. The highest BCUT2D eigenvalue weighted by atomic mass is 19.1.